The molecule has 1 N–H and O–H groups in total. The molecule has 0 aromatic carbocycles. The van der Waals surface area contributed by atoms with E-state index in [0.717, 1.165) is 70.1 Å². The van der Waals surface area contributed by atoms with Crippen molar-refractivity contribution < 1.29 is 9.59 Å². The first-order valence-corrected chi connectivity index (χ1v) is 10.9. The van der Waals surface area contributed by atoms with Crippen LogP contribution < -0.4 is 5.32 Å². The standard InChI is InChI=1S/C20H30N6O2/c27-18-11-15(13-26(18)16-3-1-2-4-16)20(28)24-8-5-14(6-9-24)19-23-22-17-12-21-7-10-25(17)19/h14-16,21H,1-13H2. The third-order valence-electron chi connectivity index (χ3n) is 7.10. The number of rotatable bonds is 3. The van der Waals surface area contributed by atoms with E-state index in [9.17, 15) is 9.59 Å². The Labute approximate surface area is 165 Å². The molecule has 28 heavy (non-hydrogen) atoms. The molecule has 1 aromatic rings. The van der Waals surface area contributed by atoms with E-state index < -0.39 is 0 Å². The lowest BCUT2D eigenvalue weighted by atomic mass is 9.94. The van der Waals surface area contributed by atoms with E-state index in [1.54, 1.807) is 0 Å². The Morgan fingerprint density at radius 3 is 2.61 bits per heavy atom. The Morgan fingerprint density at radius 2 is 1.82 bits per heavy atom. The highest BCUT2D eigenvalue weighted by molar-refractivity contribution is 5.89. The lowest BCUT2D eigenvalue weighted by Gasteiger charge is -2.33. The van der Waals surface area contributed by atoms with Crippen molar-refractivity contribution in [2.75, 3.05) is 26.2 Å². The zero-order valence-corrected chi connectivity index (χ0v) is 16.5. The van der Waals surface area contributed by atoms with Crippen LogP contribution in [0.5, 0.6) is 0 Å². The van der Waals surface area contributed by atoms with Gasteiger partial charge in [0.2, 0.25) is 11.8 Å². The van der Waals surface area contributed by atoms with Gasteiger partial charge < -0.3 is 19.7 Å². The molecule has 8 heteroatoms. The van der Waals surface area contributed by atoms with E-state index in [2.05, 4.69) is 20.1 Å². The largest absolute Gasteiger partial charge is 0.342 e. The van der Waals surface area contributed by atoms with Gasteiger partial charge in [-0.25, -0.2) is 0 Å². The van der Waals surface area contributed by atoms with Crippen LogP contribution in [0.4, 0.5) is 0 Å². The number of hydrogen-bond acceptors (Lipinski definition) is 5. The molecule has 1 unspecified atom stereocenters. The summed E-state index contributed by atoms with van der Waals surface area (Å²) in [6.07, 6.45) is 6.91. The van der Waals surface area contributed by atoms with Gasteiger partial charge in [-0.2, -0.15) is 0 Å². The molecular formula is C20H30N6O2. The average Bonchev–Trinajstić information content (AvgIpc) is 3.47. The van der Waals surface area contributed by atoms with Gasteiger partial charge >= 0.3 is 0 Å². The van der Waals surface area contributed by atoms with Crippen LogP contribution in [-0.2, 0) is 22.7 Å². The minimum absolute atomic E-state index is 0.142. The molecule has 5 rings (SSSR count). The van der Waals surface area contributed by atoms with Crippen molar-refractivity contribution in [3.8, 4) is 0 Å². The number of piperidine rings is 1. The summed E-state index contributed by atoms with van der Waals surface area (Å²) in [5.41, 5.74) is 0. The maximum Gasteiger partial charge on any atom is 0.227 e. The molecule has 2 amide bonds. The topological polar surface area (TPSA) is 83.4 Å². The number of fused-ring (bicyclic) bond motifs is 1. The van der Waals surface area contributed by atoms with Crippen molar-refractivity contribution in [1.29, 1.82) is 0 Å². The maximum absolute atomic E-state index is 13.0. The number of carbonyl (C=O) groups is 2. The molecule has 2 saturated heterocycles. The summed E-state index contributed by atoms with van der Waals surface area (Å²) in [5.74, 6) is 2.71. The van der Waals surface area contributed by atoms with Crippen molar-refractivity contribution >= 4 is 11.8 Å². The quantitative estimate of drug-likeness (QED) is 0.834. The molecular weight excluding hydrogens is 356 g/mol. The summed E-state index contributed by atoms with van der Waals surface area (Å²) in [6, 6.07) is 0.379. The van der Waals surface area contributed by atoms with Crippen LogP contribution in [0.25, 0.3) is 0 Å². The van der Waals surface area contributed by atoms with Crippen molar-refractivity contribution in [3.63, 3.8) is 0 Å². The Balaban J connectivity index is 1.18. The second-order valence-electron chi connectivity index (χ2n) is 8.79. The van der Waals surface area contributed by atoms with E-state index in [-0.39, 0.29) is 17.7 Å². The van der Waals surface area contributed by atoms with Gasteiger partial charge in [0.15, 0.2) is 0 Å². The fourth-order valence-corrected chi connectivity index (χ4v) is 5.50. The minimum atomic E-state index is -0.142. The molecule has 4 aliphatic rings. The fraction of sp³-hybridized carbons (Fsp3) is 0.800. The predicted octanol–water partition coefficient (Wildman–Crippen LogP) is 0.878. The molecule has 152 valence electrons. The van der Waals surface area contributed by atoms with Crippen molar-refractivity contribution in [2.45, 2.75) is 70.0 Å². The summed E-state index contributed by atoms with van der Waals surface area (Å²) in [4.78, 5) is 29.5. The molecule has 0 spiro atoms. The summed E-state index contributed by atoms with van der Waals surface area (Å²) < 4.78 is 2.26. The van der Waals surface area contributed by atoms with Gasteiger partial charge in [-0.1, -0.05) is 12.8 Å². The van der Waals surface area contributed by atoms with Gasteiger partial charge in [0, 0.05) is 51.1 Å². The summed E-state index contributed by atoms with van der Waals surface area (Å²) in [6.45, 7) is 4.83. The average molecular weight is 387 g/mol. The van der Waals surface area contributed by atoms with Crippen LogP contribution in [0.3, 0.4) is 0 Å². The van der Waals surface area contributed by atoms with E-state index in [4.69, 9.17) is 0 Å². The van der Waals surface area contributed by atoms with Crippen LogP contribution in [0.2, 0.25) is 0 Å². The van der Waals surface area contributed by atoms with Crippen LogP contribution in [0.1, 0.15) is 62.5 Å². The van der Waals surface area contributed by atoms with Crippen molar-refractivity contribution in [2.24, 2.45) is 5.92 Å². The van der Waals surface area contributed by atoms with Gasteiger partial charge in [-0.15, -0.1) is 10.2 Å². The monoisotopic (exact) mass is 386 g/mol. The first-order chi connectivity index (χ1) is 13.7. The normalized spacial score (nSPS) is 26.9. The zero-order valence-electron chi connectivity index (χ0n) is 16.5. The Bertz CT molecular complexity index is 748. The van der Waals surface area contributed by atoms with E-state index in [1.165, 1.54) is 12.8 Å². The van der Waals surface area contributed by atoms with E-state index >= 15 is 0 Å². The first-order valence-electron chi connectivity index (χ1n) is 10.9. The van der Waals surface area contributed by atoms with Crippen LogP contribution in [-0.4, -0.2) is 68.6 Å². The van der Waals surface area contributed by atoms with Crippen molar-refractivity contribution in [1.82, 2.24) is 29.9 Å². The summed E-state index contributed by atoms with van der Waals surface area (Å²) in [5, 5.41) is 12.1. The molecule has 1 aromatic heterocycles. The van der Waals surface area contributed by atoms with Gasteiger partial charge in [0.1, 0.15) is 11.6 Å². The van der Waals surface area contributed by atoms with Crippen molar-refractivity contribution in [3.05, 3.63) is 11.6 Å². The molecule has 0 bridgehead atoms. The van der Waals surface area contributed by atoms with E-state index in [0.29, 0.717) is 24.9 Å². The number of nitrogens with one attached hydrogen (secondary N) is 1. The second kappa shape index (κ2) is 7.46. The highest BCUT2D eigenvalue weighted by Gasteiger charge is 2.41. The SMILES string of the molecule is O=C(C1CC(=O)N(C2CCCC2)C1)N1CCC(c2nnc3n2CCNC3)CC1. The lowest BCUT2D eigenvalue weighted by Crippen LogP contribution is -2.43. The number of nitrogens with zero attached hydrogens (tertiary/aromatic N) is 5. The smallest absolute Gasteiger partial charge is 0.227 e. The zero-order chi connectivity index (χ0) is 19.1. The molecule has 4 heterocycles. The van der Waals surface area contributed by atoms with Gasteiger partial charge in [-0.05, 0) is 25.7 Å². The molecule has 3 aliphatic heterocycles. The minimum Gasteiger partial charge on any atom is -0.342 e. The van der Waals surface area contributed by atoms with Gasteiger partial charge in [0.25, 0.3) is 0 Å². The second-order valence-corrected chi connectivity index (χ2v) is 8.79. The molecule has 3 fully saturated rings. The fourth-order valence-electron chi connectivity index (χ4n) is 5.50. The molecule has 8 nitrogen and oxygen atoms in total. The molecule has 0 radical (unpaired) electrons. The first kappa shape index (κ1) is 18.1. The number of aromatic nitrogens is 3. The Morgan fingerprint density at radius 1 is 1.04 bits per heavy atom. The van der Waals surface area contributed by atoms with Gasteiger partial charge in [-0.3, -0.25) is 9.59 Å². The maximum atomic E-state index is 13.0. The van der Waals surface area contributed by atoms with E-state index in [1.807, 2.05) is 9.80 Å². The predicted molar refractivity (Wildman–Crippen MR) is 102 cm³/mol. The number of likely N-dealkylation sites (tertiary alicyclic amines) is 2. The number of carbonyl (C=O) groups excluding carboxylic acids is 2. The molecule has 1 atom stereocenters. The van der Waals surface area contributed by atoms with Gasteiger partial charge in [0.05, 0.1) is 12.5 Å². The highest BCUT2D eigenvalue weighted by Crippen LogP contribution is 2.32. The Hall–Kier alpha value is -1.96. The molecule has 1 aliphatic carbocycles. The van der Waals surface area contributed by atoms with Crippen LogP contribution in [0, 0.1) is 5.92 Å². The summed E-state index contributed by atoms with van der Waals surface area (Å²) in [7, 11) is 0. The number of amides is 2. The van der Waals surface area contributed by atoms with Crippen LogP contribution >= 0.6 is 0 Å². The summed E-state index contributed by atoms with van der Waals surface area (Å²) >= 11 is 0. The van der Waals surface area contributed by atoms with Crippen LogP contribution in [0.15, 0.2) is 0 Å². The number of hydrogen-bond donors (Lipinski definition) is 1. The Kier molecular flexibility index (Phi) is 4.82. The lowest BCUT2D eigenvalue weighted by molar-refractivity contribution is -0.136. The third-order valence-corrected chi connectivity index (χ3v) is 7.10. The molecule has 1 saturated carbocycles. The highest BCUT2D eigenvalue weighted by atomic mass is 16.2. The third kappa shape index (κ3) is 3.21.